The van der Waals surface area contributed by atoms with Crippen molar-refractivity contribution < 1.29 is 4.79 Å². The minimum absolute atomic E-state index is 0.00337. The van der Waals surface area contributed by atoms with Crippen molar-refractivity contribution in [1.82, 2.24) is 24.8 Å². The van der Waals surface area contributed by atoms with Crippen LogP contribution < -0.4 is 5.56 Å². The normalized spacial score (nSPS) is 16.8. The lowest BCUT2D eigenvalue weighted by atomic mass is 10.1. The van der Waals surface area contributed by atoms with E-state index in [-0.39, 0.29) is 17.4 Å². The highest BCUT2D eigenvalue weighted by Gasteiger charge is 2.30. The van der Waals surface area contributed by atoms with Gasteiger partial charge in [0.15, 0.2) is 0 Å². The predicted octanol–water partition coefficient (Wildman–Crippen LogP) is 2.23. The van der Waals surface area contributed by atoms with Gasteiger partial charge in [0.1, 0.15) is 11.5 Å². The zero-order valence-corrected chi connectivity index (χ0v) is 15.0. The lowest BCUT2D eigenvalue weighted by molar-refractivity contribution is 0.0784. The van der Waals surface area contributed by atoms with Gasteiger partial charge in [-0.05, 0) is 24.8 Å². The summed E-state index contributed by atoms with van der Waals surface area (Å²) in [6.45, 7) is 2.94. The van der Waals surface area contributed by atoms with Crippen LogP contribution in [0.1, 0.15) is 34.3 Å². The number of hydrogen-bond acceptors (Lipinski definition) is 6. The Morgan fingerprint density at radius 2 is 2.23 bits per heavy atom. The second kappa shape index (κ2) is 6.80. The van der Waals surface area contributed by atoms with Gasteiger partial charge in [-0.1, -0.05) is 0 Å². The lowest BCUT2D eigenvalue weighted by Crippen LogP contribution is -2.29. The van der Waals surface area contributed by atoms with Gasteiger partial charge < -0.3 is 9.88 Å². The van der Waals surface area contributed by atoms with E-state index >= 15 is 0 Å². The number of carbonyl (C=O) groups is 1. The molecule has 0 bridgehead atoms. The summed E-state index contributed by atoms with van der Waals surface area (Å²) >= 11 is 1.56. The molecule has 0 unspecified atom stereocenters. The number of nitrogens with zero attached hydrogens (tertiary/aromatic N) is 4. The van der Waals surface area contributed by atoms with E-state index < -0.39 is 0 Å². The maximum absolute atomic E-state index is 12.6. The molecule has 8 heteroatoms. The second-order valence-electron chi connectivity index (χ2n) is 6.31. The Bertz CT molecular complexity index is 982. The van der Waals surface area contributed by atoms with Crippen molar-refractivity contribution in [3.63, 3.8) is 0 Å². The summed E-state index contributed by atoms with van der Waals surface area (Å²) in [6, 6.07) is 3.45. The van der Waals surface area contributed by atoms with Gasteiger partial charge in [0, 0.05) is 42.2 Å². The van der Waals surface area contributed by atoms with Crippen LogP contribution in [0.15, 0.2) is 40.1 Å². The van der Waals surface area contributed by atoms with Crippen LogP contribution in [-0.2, 0) is 0 Å². The van der Waals surface area contributed by atoms with Crippen molar-refractivity contribution in [3.8, 4) is 11.3 Å². The summed E-state index contributed by atoms with van der Waals surface area (Å²) in [6.07, 6.45) is 3.84. The third kappa shape index (κ3) is 3.28. The molecule has 1 saturated heterocycles. The maximum Gasteiger partial charge on any atom is 0.274 e. The molecular formula is C18H17N5O2S. The van der Waals surface area contributed by atoms with Crippen LogP contribution in [0.5, 0.6) is 0 Å². The Morgan fingerprint density at radius 1 is 1.35 bits per heavy atom. The van der Waals surface area contributed by atoms with E-state index in [4.69, 9.17) is 0 Å². The van der Waals surface area contributed by atoms with Crippen LogP contribution in [-0.4, -0.2) is 43.8 Å². The molecule has 132 valence electrons. The molecular weight excluding hydrogens is 350 g/mol. The zero-order valence-electron chi connectivity index (χ0n) is 14.2. The van der Waals surface area contributed by atoms with Gasteiger partial charge in [-0.3, -0.25) is 14.6 Å². The standard InChI is InChI=1S/C18H17N5O2S/c1-11-7-20-15(8-19-11)18(25)23-4-2-12(9-23)17-21-14(6-16(24)22-17)13-3-5-26-10-13/h3,5-8,10,12H,2,4,9H2,1H3,(H,21,22,24)/t12-/m1/s1. The summed E-state index contributed by atoms with van der Waals surface area (Å²) < 4.78 is 0. The van der Waals surface area contributed by atoms with E-state index in [1.54, 1.807) is 22.4 Å². The number of rotatable bonds is 3. The van der Waals surface area contributed by atoms with Gasteiger partial charge in [-0.2, -0.15) is 11.3 Å². The third-order valence-corrected chi connectivity index (χ3v) is 5.12. The van der Waals surface area contributed by atoms with Gasteiger partial charge in [-0.25, -0.2) is 9.97 Å². The first kappa shape index (κ1) is 16.6. The molecule has 3 aromatic rings. The van der Waals surface area contributed by atoms with Crippen LogP contribution in [0.2, 0.25) is 0 Å². The fraction of sp³-hybridized carbons (Fsp3) is 0.278. The zero-order chi connectivity index (χ0) is 18.1. The Kier molecular flexibility index (Phi) is 4.34. The van der Waals surface area contributed by atoms with Crippen molar-refractivity contribution in [1.29, 1.82) is 0 Å². The third-order valence-electron chi connectivity index (χ3n) is 4.44. The summed E-state index contributed by atoms with van der Waals surface area (Å²) in [5.41, 5.74) is 2.53. The van der Waals surface area contributed by atoms with Gasteiger partial charge in [0.2, 0.25) is 0 Å². The number of aromatic amines is 1. The summed E-state index contributed by atoms with van der Waals surface area (Å²) in [7, 11) is 0. The Balaban J connectivity index is 1.54. The largest absolute Gasteiger partial charge is 0.337 e. The fourth-order valence-electron chi connectivity index (χ4n) is 3.06. The Hall–Kier alpha value is -2.87. The monoisotopic (exact) mass is 367 g/mol. The van der Waals surface area contributed by atoms with Gasteiger partial charge in [0.25, 0.3) is 11.5 Å². The highest BCUT2D eigenvalue weighted by molar-refractivity contribution is 7.08. The van der Waals surface area contributed by atoms with E-state index in [1.165, 1.54) is 12.3 Å². The number of amides is 1. The highest BCUT2D eigenvalue weighted by Crippen LogP contribution is 2.27. The molecule has 0 aliphatic carbocycles. The lowest BCUT2D eigenvalue weighted by Gasteiger charge is -2.16. The average Bonchev–Trinajstić information content (AvgIpc) is 3.33. The van der Waals surface area contributed by atoms with Crippen LogP contribution in [0, 0.1) is 6.92 Å². The molecule has 1 N–H and O–H groups in total. The number of thiophene rings is 1. The number of H-pyrrole nitrogens is 1. The minimum atomic E-state index is -0.176. The average molecular weight is 367 g/mol. The van der Waals surface area contributed by atoms with Crippen molar-refractivity contribution in [2.75, 3.05) is 13.1 Å². The van der Waals surface area contributed by atoms with Crippen LogP contribution in [0.25, 0.3) is 11.3 Å². The first-order chi connectivity index (χ1) is 12.6. The molecule has 1 fully saturated rings. The quantitative estimate of drug-likeness (QED) is 0.766. The summed E-state index contributed by atoms with van der Waals surface area (Å²) in [5, 5.41) is 3.92. The van der Waals surface area contributed by atoms with E-state index in [2.05, 4.69) is 19.9 Å². The van der Waals surface area contributed by atoms with E-state index in [0.29, 0.717) is 30.3 Å². The number of aromatic nitrogens is 4. The first-order valence-corrected chi connectivity index (χ1v) is 9.26. The van der Waals surface area contributed by atoms with Crippen LogP contribution in [0.3, 0.4) is 0 Å². The van der Waals surface area contributed by atoms with Crippen LogP contribution >= 0.6 is 11.3 Å². The molecule has 1 aliphatic heterocycles. The number of likely N-dealkylation sites (tertiary alicyclic amines) is 1. The Morgan fingerprint density at radius 3 is 2.96 bits per heavy atom. The van der Waals surface area contributed by atoms with Crippen molar-refractivity contribution in [2.24, 2.45) is 0 Å². The minimum Gasteiger partial charge on any atom is -0.337 e. The predicted molar refractivity (Wildman–Crippen MR) is 98.2 cm³/mol. The number of aryl methyl sites for hydroxylation is 1. The smallest absolute Gasteiger partial charge is 0.274 e. The molecule has 0 saturated carbocycles. The summed E-state index contributed by atoms with van der Waals surface area (Å²) in [5.74, 6) is 0.490. The molecule has 4 heterocycles. The topological polar surface area (TPSA) is 91.8 Å². The summed E-state index contributed by atoms with van der Waals surface area (Å²) in [4.78, 5) is 42.1. The molecule has 7 nitrogen and oxygen atoms in total. The Labute approximate surface area is 153 Å². The molecule has 0 aromatic carbocycles. The van der Waals surface area contributed by atoms with E-state index in [0.717, 1.165) is 17.7 Å². The van der Waals surface area contributed by atoms with Crippen LogP contribution in [0.4, 0.5) is 0 Å². The van der Waals surface area contributed by atoms with Crippen molar-refractivity contribution >= 4 is 17.2 Å². The number of carbonyl (C=O) groups excluding carboxylic acids is 1. The molecule has 1 amide bonds. The van der Waals surface area contributed by atoms with Crippen molar-refractivity contribution in [3.05, 3.63) is 62.9 Å². The molecule has 1 aliphatic rings. The molecule has 0 spiro atoms. The van der Waals surface area contributed by atoms with Gasteiger partial charge in [0.05, 0.1) is 17.6 Å². The van der Waals surface area contributed by atoms with Gasteiger partial charge >= 0.3 is 0 Å². The SMILES string of the molecule is Cc1cnc(C(=O)N2CC[C@@H](c3nc(-c4ccsc4)cc(=O)[nH]3)C2)cn1. The number of hydrogen-bond donors (Lipinski definition) is 1. The van der Waals surface area contributed by atoms with Gasteiger partial charge in [-0.15, -0.1) is 0 Å². The maximum atomic E-state index is 12.6. The first-order valence-electron chi connectivity index (χ1n) is 8.32. The fourth-order valence-corrected chi connectivity index (χ4v) is 3.71. The van der Waals surface area contributed by atoms with E-state index in [9.17, 15) is 9.59 Å². The number of nitrogens with one attached hydrogen (secondary N) is 1. The van der Waals surface area contributed by atoms with Crippen molar-refractivity contribution in [2.45, 2.75) is 19.3 Å². The molecule has 0 radical (unpaired) electrons. The molecule has 26 heavy (non-hydrogen) atoms. The molecule has 3 aromatic heterocycles. The molecule has 1 atom stereocenters. The highest BCUT2D eigenvalue weighted by atomic mass is 32.1. The second-order valence-corrected chi connectivity index (χ2v) is 7.09. The van der Waals surface area contributed by atoms with E-state index in [1.807, 2.05) is 23.8 Å². The molecule has 4 rings (SSSR count).